The highest BCUT2D eigenvalue weighted by atomic mass is 16.3. The van der Waals surface area contributed by atoms with Crippen molar-refractivity contribution in [2.24, 2.45) is 5.92 Å². The van der Waals surface area contributed by atoms with Crippen molar-refractivity contribution in [3.05, 3.63) is 0 Å². The average Bonchev–Trinajstić information content (AvgIpc) is 2.41. The van der Waals surface area contributed by atoms with Gasteiger partial charge in [0.25, 0.3) is 0 Å². The number of hydrogen-bond donors (Lipinski definition) is 1. The van der Waals surface area contributed by atoms with E-state index >= 15 is 0 Å². The van der Waals surface area contributed by atoms with E-state index in [2.05, 4.69) is 37.7 Å². The lowest BCUT2D eigenvalue weighted by atomic mass is 9.94. The van der Waals surface area contributed by atoms with Crippen LogP contribution in [0.25, 0.3) is 0 Å². The maximum atomic E-state index is 10.4. The van der Waals surface area contributed by atoms with Crippen molar-refractivity contribution in [2.45, 2.75) is 51.7 Å². The smallest absolute Gasteiger partial charge is 0.0710 e. The fraction of sp³-hybridized carbons (Fsp3) is 1.00. The van der Waals surface area contributed by atoms with Crippen molar-refractivity contribution in [3.8, 4) is 0 Å². The Morgan fingerprint density at radius 3 is 2.65 bits per heavy atom. The summed E-state index contributed by atoms with van der Waals surface area (Å²) < 4.78 is 0. The molecule has 0 bridgehead atoms. The molecule has 0 radical (unpaired) electrons. The van der Waals surface area contributed by atoms with E-state index in [9.17, 15) is 5.11 Å². The van der Waals surface area contributed by atoms with E-state index in [1.165, 1.54) is 19.3 Å². The number of aliphatic hydroxyl groups excluding tert-OH is 1. The molecule has 17 heavy (non-hydrogen) atoms. The minimum atomic E-state index is -0.179. The van der Waals surface area contributed by atoms with Crippen LogP contribution in [0.15, 0.2) is 0 Å². The monoisotopic (exact) mass is 242 g/mol. The molecule has 1 rings (SSSR count). The lowest BCUT2D eigenvalue weighted by Gasteiger charge is -2.32. The van der Waals surface area contributed by atoms with Crippen molar-refractivity contribution in [2.75, 3.05) is 33.7 Å². The molecule has 0 aromatic carbocycles. The first-order valence-corrected chi connectivity index (χ1v) is 7.11. The largest absolute Gasteiger partial charge is 0.391 e. The van der Waals surface area contributed by atoms with Crippen LogP contribution in [0, 0.1) is 5.92 Å². The third-order valence-corrected chi connectivity index (χ3v) is 3.99. The van der Waals surface area contributed by atoms with E-state index in [4.69, 9.17) is 0 Å². The topological polar surface area (TPSA) is 26.7 Å². The third-order valence-electron chi connectivity index (χ3n) is 3.99. The zero-order valence-corrected chi connectivity index (χ0v) is 12.0. The molecule has 0 aliphatic carbocycles. The van der Waals surface area contributed by atoms with Gasteiger partial charge in [-0.15, -0.1) is 0 Å². The lowest BCUT2D eigenvalue weighted by Crippen LogP contribution is -2.46. The van der Waals surface area contributed by atoms with Crippen LogP contribution in [-0.4, -0.2) is 60.8 Å². The molecule has 1 heterocycles. The summed E-state index contributed by atoms with van der Waals surface area (Å²) in [4.78, 5) is 4.69. The van der Waals surface area contributed by atoms with Crippen LogP contribution in [0.2, 0.25) is 0 Å². The molecule has 1 aliphatic rings. The van der Waals surface area contributed by atoms with Crippen LogP contribution in [0.3, 0.4) is 0 Å². The van der Waals surface area contributed by atoms with Crippen LogP contribution >= 0.6 is 0 Å². The number of hydrogen-bond acceptors (Lipinski definition) is 3. The Kier molecular flexibility index (Phi) is 6.45. The molecule has 1 aliphatic heterocycles. The highest BCUT2D eigenvalue weighted by molar-refractivity contribution is 4.83. The molecule has 1 fully saturated rings. The summed E-state index contributed by atoms with van der Waals surface area (Å²) in [7, 11) is 4.31. The standard InChI is InChI=1S/C14H30N2O/c1-5-7-12(2)10-14(17)13-11-15(3)8-6-9-16(13)4/h12-14,17H,5-11H2,1-4H3. The first kappa shape index (κ1) is 14.9. The average molecular weight is 242 g/mol. The Labute approximate surface area is 107 Å². The first-order chi connectivity index (χ1) is 8.04. The van der Waals surface area contributed by atoms with Crippen LogP contribution in [0.5, 0.6) is 0 Å². The second-order valence-corrected chi connectivity index (χ2v) is 5.86. The summed E-state index contributed by atoms with van der Waals surface area (Å²) >= 11 is 0. The number of rotatable bonds is 5. The van der Waals surface area contributed by atoms with E-state index in [1.54, 1.807) is 0 Å². The normalized spacial score (nSPS) is 27.7. The molecule has 0 amide bonds. The molecule has 3 unspecified atom stereocenters. The predicted molar refractivity (Wildman–Crippen MR) is 73.2 cm³/mol. The summed E-state index contributed by atoms with van der Waals surface area (Å²) in [6.45, 7) is 7.73. The summed E-state index contributed by atoms with van der Waals surface area (Å²) in [6, 6.07) is 0.307. The minimum absolute atomic E-state index is 0.179. The maximum Gasteiger partial charge on any atom is 0.0710 e. The number of likely N-dealkylation sites (N-methyl/N-ethyl adjacent to an activating group) is 2. The van der Waals surface area contributed by atoms with Crippen molar-refractivity contribution < 1.29 is 5.11 Å². The highest BCUT2D eigenvalue weighted by Crippen LogP contribution is 2.19. The molecule has 1 saturated heterocycles. The Bertz CT molecular complexity index is 210. The van der Waals surface area contributed by atoms with Gasteiger partial charge in [0.05, 0.1) is 6.10 Å². The molecule has 3 nitrogen and oxygen atoms in total. The van der Waals surface area contributed by atoms with E-state index in [0.29, 0.717) is 12.0 Å². The zero-order chi connectivity index (χ0) is 12.8. The lowest BCUT2D eigenvalue weighted by molar-refractivity contribution is 0.0411. The highest BCUT2D eigenvalue weighted by Gasteiger charge is 2.27. The van der Waals surface area contributed by atoms with Gasteiger partial charge in [-0.1, -0.05) is 26.7 Å². The third kappa shape index (κ3) is 4.94. The van der Waals surface area contributed by atoms with Gasteiger partial charge in [0.1, 0.15) is 0 Å². The van der Waals surface area contributed by atoms with Crippen molar-refractivity contribution >= 4 is 0 Å². The Balaban J connectivity index is 2.49. The van der Waals surface area contributed by atoms with E-state index in [1.807, 2.05) is 0 Å². The maximum absolute atomic E-state index is 10.4. The minimum Gasteiger partial charge on any atom is -0.391 e. The second kappa shape index (κ2) is 7.34. The van der Waals surface area contributed by atoms with Gasteiger partial charge in [0.2, 0.25) is 0 Å². The molecule has 1 N–H and O–H groups in total. The van der Waals surface area contributed by atoms with Crippen molar-refractivity contribution in [1.82, 2.24) is 9.80 Å². The van der Waals surface area contributed by atoms with Gasteiger partial charge >= 0.3 is 0 Å². The molecule has 102 valence electrons. The Morgan fingerprint density at radius 2 is 2.00 bits per heavy atom. The van der Waals surface area contributed by atoms with Crippen LogP contribution in [0.1, 0.15) is 39.5 Å². The van der Waals surface area contributed by atoms with E-state index < -0.39 is 0 Å². The van der Waals surface area contributed by atoms with E-state index in [0.717, 1.165) is 26.1 Å². The van der Waals surface area contributed by atoms with Gasteiger partial charge in [0, 0.05) is 12.6 Å². The van der Waals surface area contributed by atoms with Crippen LogP contribution < -0.4 is 0 Å². The van der Waals surface area contributed by atoms with Gasteiger partial charge in [-0.2, -0.15) is 0 Å². The molecule has 0 aromatic rings. The predicted octanol–water partition coefficient (Wildman–Crippen LogP) is 1.81. The van der Waals surface area contributed by atoms with Gasteiger partial charge in [-0.25, -0.2) is 0 Å². The SMILES string of the molecule is CCCC(C)CC(O)C1CN(C)CCCN1C. The Morgan fingerprint density at radius 1 is 1.29 bits per heavy atom. The fourth-order valence-corrected chi connectivity index (χ4v) is 2.90. The summed E-state index contributed by atoms with van der Waals surface area (Å²) in [5.41, 5.74) is 0. The molecule has 0 saturated carbocycles. The van der Waals surface area contributed by atoms with Gasteiger partial charge in [0.15, 0.2) is 0 Å². The molecule has 0 spiro atoms. The molecule has 3 heteroatoms. The second-order valence-electron chi connectivity index (χ2n) is 5.86. The van der Waals surface area contributed by atoms with Gasteiger partial charge in [-0.3, -0.25) is 4.90 Å². The van der Waals surface area contributed by atoms with Crippen molar-refractivity contribution in [1.29, 1.82) is 0 Å². The molecule has 0 aromatic heterocycles. The molecular formula is C14H30N2O. The number of nitrogens with zero attached hydrogens (tertiary/aromatic N) is 2. The zero-order valence-electron chi connectivity index (χ0n) is 12.0. The molecular weight excluding hydrogens is 212 g/mol. The van der Waals surface area contributed by atoms with Crippen LogP contribution in [0.4, 0.5) is 0 Å². The first-order valence-electron chi connectivity index (χ1n) is 7.11. The quantitative estimate of drug-likeness (QED) is 0.796. The van der Waals surface area contributed by atoms with Gasteiger partial charge < -0.3 is 10.0 Å². The van der Waals surface area contributed by atoms with Crippen LogP contribution in [-0.2, 0) is 0 Å². The van der Waals surface area contributed by atoms with Crippen molar-refractivity contribution in [3.63, 3.8) is 0 Å². The fourth-order valence-electron chi connectivity index (χ4n) is 2.90. The summed E-state index contributed by atoms with van der Waals surface area (Å²) in [5.74, 6) is 0.636. The Hall–Kier alpha value is -0.120. The summed E-state index contributed by atoms with van der Waals surface area (Å²) in [5, 5.41) is 10.4. The molecule has 3 atom stereocenters. The van der Waals surface area contributed by atoms with E-state index in [-0.39, 0.29) is 6.10 Å². The number of aliphatic hydroxyl groups is 1. The summed E-state index contributed by atoms with van der Waals surface area (Å²) in [6.07, 6.45) is 4.41. The van der Waals surface area contributed by atoms with Gasteiger partial charge in [-0.05, 0) is 45.9 Å².